The molecule has 1 nitrogen and oxygen atoms in total. The zero-order valence-electron chi connectivity index (χ0n) is 20.3. The third-order valence-corrected chi connectivity index (χ3v) is 8.12. The van der Waals surface area contributed by atoms with E-state index in [0.717, 1.165) is 42.4 Å². The Morgan fingerprint density at radius 1 is 0.829 bits per heavy atom. The summed E-state index contributed by atoms with van der Waals surface area (Å²) in [6.07, 6.45) is 8.96. The first-order chi connectivity index (χ1) is 16.7. The van der Waals surface area contributed by atoms with Gasteiger partial charge >= 0.3 is 6.36 Å². The third-order valence-electron chi connectivity index (χ3n) is 8.12. The highest BCUT2D eigenvalue weighted by Gasteiger charge is 2.36. The number of benzene rings is 2. The van der Waals surface area contributed by atoms with Gasteiger partial charge in [0, 0.05) is 5.56 Å². The van der Waals surface area contributed by atoms with Crippen molar-refractivity contribution in [2.24, 2.45) is 17.8 Å². The van der Waals surface area contributed by atoms with Crippen molar-refractivity contribution in [2.45, 2.75) is 89.8 Å². The molecular formula is C29H35F5O. The van der Waals surface area contributed by atoms with Gasteiger partial charge in [0.2, 0.25) is 0 Å². The molecule has 0 aromatic heterocycles. The van der Waals surface area contributed by atoms with E-state index in [0.29, 0.717) is 11.8 Å². The van der Waals surface area contributed by atoms with Crippen molar-refractivity contribution in [1.82, 2.24) is 0 Å². The van der Waals surface area contributed by atoms with Crippen LogP contribution in [0.4, 0.5) is 22.0 Å². The molecular weight excluding hydrogens is 459 g/mol. The lowest BCUT2D eigenvalue weighted by Crippen LogP contribution is -2.30. The molecule has 0 bridgehead atoms. The molecule has 2 saturated carbocycles. The maximum Gasteiger partial charge on any atom is 0.573 e. The van der Waals surface area contributed by atoms with Crippen LogP contribution >= 0.6 is 0 Å². The van der Waals surface area contributed by atoms with E-state index in [9.17, 15) is 17.6 Å². The predicted octanol–water partition coefficient (Wildman–Crippen LogP) is 9.80. The van der Waals surface area contributed by atoms with Crippen LogP contribution in [0.5, 0.6) is 5.75 Å². The number of rotatable bonds is 8. The van der Waals surface area contributed by atoms with E-state index in [2.05, 4.69) is 11.7 Å². The lowest BCUT2D eigenvalue weighted by Gasteiger charge is -2.42. The van der Waals surface area contributed by atoms with Gasteiger partial charge in [-0.25, -0.2) is 8.78 Å². The van der Waals surface area contributed by atoms with Crippen LogP contribution in [0.1, 0.15) is 89.0 Å². The Labute approximate surface area is 205 Å². The molecule has 2 aliphatic rings. The van der Waals surface area contributed by atoms with E-state index in [1.54, 1.807) is 6.07 Å². The van der Waals surface area contributed by atoms with E-state index >= 15 is 4.39 Å². The van der Waals surface area contributed by atoms with Gasteiger partial charge in [-0.05, 0) is 85.1 Å². The van der Waals surface area contributed by atoms with Gasteiger partial charge in [-0.2, -0.15) is 0 Å². The summed E-state index contributed by atoms with van der Waals surface area (Å²) in [7, 11) is 0. The standard InChI is InChI=1S/C29H35F5O/c1-2-3-4-5-6-19-7-8-21-16-22(10-9-20(21)15-19)23-11-13-25(26(30)17-23)24-12-14-28(27(31)18-24)35-29(32,33)34/h11-14,17-22H,2-10,15-16H2,1H3/t19?,20-,21-,22-/m1/s1. The zero-order valence-corrected chi connectivity index (χ0v) is 20.3. The molecule has 0 heterocycles. The quantitative estimate of drug-likeness (QED) is 0.262. The molecule has 2 aromatic rings. The fourth-order valence-corrected chi connectivity index (χ4v) is 6.31. The maximum atomic E-state index is 15.0. The lowest BCUT2D eigenvalue weighted by atomic mass is 9.63. The van der Waals surface area contributed by atoms with E-state index in [1.807, 2.05) is 6.07 Å². The number of hydrogen-bond donors (Lipinski definition) is 0. The zero-order chi connectivity index (χ0) is 25.0. The molecule has 1 unspecified atom stereocenters. The first kappa shape index (κ1) is 26.0. The van der Waals surface area contributed by atoms with Crippen molar-refractivity contribution in [3.05, 3.63) is 53.6 Å². The highest BCUT2D eigenvalue weighted by molar-refractivity contribution is 5.65. The van der Waals surface area contributed by atoms with Gasteiger partial charge in [0.25, 0.3) is 0 Å². The minimum absolute atomic E-state index is 0.170. The van der Waals surface area contributed by atoms with E-state index in [-0.39, 0.29) is 11.1 Å². The monoisotopic (exact) mass is 494 g/mol. The number of unbranched alkanes of at least 4 members (excludes halogenated alkanes) is 3. The molecule has 4 atom stereocenters. The van der Waals surface area contributed by atoms with Crippen LogP contribution in [-0.4, -0.2) is 6.36 Å². The van der Waals surface area contributed by atoms with Crippen LogP contribution in [0, 0.1) is 29.4 Å². The highest BCUT2D eigenvalue weighted by Crippen LogP contribution is 2.48. The van der Waals surface area contributed by atoms with E-state index < -0.39 is 23.7 Å². The summed E-state index contributed by atoms with van der Waals surface area (Å²) in [4.78, 5) is 0. The van der Waals surface area contributed by atoms with Crippen LogP contribution in [0.2, 0.25) is 0 Å². The molecule has 6 heteroatoms. The van der Waals surface area contributed by atoms with E-state index in [4.69, 9.17) is 0 Å². The Morgan fingerprint density at radius 2 is 1.60 bits per heavy atom. The Balaban J connectivity index is 1.37. The second-order valence-electron chi connectivity index (χ2n) is 10.5. The molecule has 0 spiro atoms. The van der Waals surface area contributed by atoms with Crippen molar-refractivity contribution in [1.29, 1.82) is 0 Å². The van der Waals surface area contributed by atoms with Crippen molar-refractivity contribution < 1.29 is 26.7 Å². The molecule has 0 N–H and O–H groups in total. The first-order valence-electron chi connectivity index (χ1n) is 13.1. The topological polar surface area (TPSA) is 9.23 Å². The van der Waals surface area contributed by atoms with Crippen LogP contribution in [0.3, 0.4) is 0 Å². The van der Waals surface area contributed by atoms with Crippen LogP contribution in [0.15, 0.2) is 36.4 Å². The Morgan fingerprint density at radius 3 is 2.31 bits per heavy atom. The predicted molar refractivity (Wildman–Crippen MR) is 128 cm³/mol. The number of halogens is 5. The molecule has 192 valence electrons. The van der Waals surface area contributed by atoms with E-state index in [1.165, 1.54) is 69.9 Å². The van der Waals surface area contributed by atoms with Gasteiger partial charge in [-0.15, -0.1) is 13.2 Å². The van der Waals surface area contributed by atoms with Gasteiger partial charge in [0.1, 0.15) is 5.82 Å². The van der Waals surface area contributed by atoms with Crippen molar-refractivity contribution >= 4 is 0 Å². The molecule has 0 amide bonds. The summed E-state index contributed by atoms with van der Waals surface area (Å²) in [6, 6.07) is 8.04. The second kappa shape index (κ2) is 11.3. The summed E-state index contributed by atoms with van der Waals surface area (Å²) in [5.74, 6) is 0.104. The number of alkyl halides is 3. The SMILES string of the molecule is CCCCCCC1CC[C@@H]2C[C@H](c3ccc(-c4ccc(OC(F)(F)F)c(F)c4)c(F)c3)CC[C@@H]2C1. The third kappa shape index (κ3) is 6.77. The summed E-state index contributed by atoms with van der Waals surface area (Å²) >= 11 is 0. The van der Waals surface area contributed by atoms with Gasteiger partial charge in [-0.3, -0.25) is 0 Å². The minimum atomic E-state index is -4.98. The normalized spacial score (nSPS) is 24.7. The highest BCUT2D eigenvalue weighted by atomic mass is 19.4. The van der Waals surface area contributed by atoms with Crippen LogP contribution < -0.4 is 4.74 Å². The van der Waals surface area contributed by atoms with Crippen molar-refractivity contribution in [3.8, 4) is 16.9 Å². The first-order valence-corrected chi connectivity index (χ1v) is 13.1. The van der Waals surface area contributed by atoms with Crippen molar-refractivity contribution in [3.63, 3.8) is 0 Å². The minimum Gasteiger partial charge on any atom is -0.403 e. The molecule has 0 aliphatic heterocycles. The van der Waals surface area contributed by atoms with Gasteiger partial charge < -0.3 is 4.74 Å². The maximum absolute atomic E-state index is 15.0. The largest absolute Gasteiger partial charge is 0.573 e. The smallest absolute Gasteiger partial charge is 0.403 e. The van der Waals surface area contributed by atoms with Gasteiger partial charge in [0.05, 0.1) is 0 Å². The lowest BCUT2D eigenvalue weighted by molar-refractivity contribution is -0.275. The summed E-state index contributed by atoms with van der Waals surface area (Å²) in [5.41, 5.74) is 1.31. The second-order valence-corrected chi connectivity index (χ2v) is 10.5. The Hall–Kier alpha value is -2.11. The average Bonchev–Trinajstić information content (AvgIpc) is 2.82. The Kier molecular flexibility index (Phi) is 8.38. The van der Waals surface area contributed by atoms with Gasteiger partial charge in [-0.1, -0.05) is 63.6 Å². The molecule has 2 aliphatic carbocycles. The molecule has 2 fully saturated rings. The number of fused-ring (bicyclic) bond motifs is 1. The molecule has 0 radical (unpaired) electrons. The molecule has 2 aromatic carbocycles. The molecule has 0 saturated heterocycles. The van der Waals surface area contributed by atoms with Crippen LogP contribution in [-0.2, 0) is 0 Å². The summed E-state index contributed by atoms with van der Waals surface area (Å²) < 4.78 is 69.9. The fraction of sp³-hybridized carbons (Fsp3) is 0.586. The van der Waals surface area contributed by atoms with Gasteiger partial charge in [0.15, 0.2) is 11.6 Å². The van der Waals surface area contributed by atoms with Crippen LogP contribution in [0.25, 0.3) is 11.1 Å². The Bertz CT molecular complexity index is 986. The number of hydrogen-bond acceptors (Lipinski definition) is 1. The molecule has 4 rings (SSSR count). The molecule has 35 heavy (non-hydrogen) atoms. The average molecular weight is 495 g/mol. The van der Waals surface area contributed by atoms with Crippen molar-refractivity contribution in [2.75, 3.05) is 0 Å². The summed E-state index contributed by atoms with van der Waals surface area (Å²) in [6.45, 7) is 2.25. The summed E-state index contributed by atoms with van der Waals surface area (Å²) in [5, 5.41) is 0. The number of ether oxygens (including phenoxy) is 1. The fourth-order valence-electron chi connectivity index (χ4n) is 6.31.